The van der Waals surface area contributed by atoms with E-state index >= 15 is 0 Å². The molecule has 0 amide bonds. The third kappa shape index (κ3) is 3.23. The third-order valence-electron chi connectivity index (χ3n) is 2.65. The number of rotatable bonds is 5. The molecule has 0 saturated heterocycles. The van der Waals surface area contributed by atoms with Crippen LogP contribution in [-0.2, 0) is 20.0 Å². The van der Waals surface area contributed by atoms with Gasteiger partial charge in [-0.1, -0.05) is 24.6 Å². The van der Waals surface area contributed by atoms with Crippen molar-refractivity contribution in [2.45, 2.75) is 26.3 Å². The van der Waals surface area contributed by atoms with Gasteiger partial charge < -0.3 is 5.32 Å². The van der Waals surface area contributed by atoms with E-state index in [9.17, 15) is 0 Å². The largest absolute Gasteiger partial charge is 0.378 e. The molecule has 0 radical (unpaired) electrons. The first-order valence-electron chi connectivity index (χ1n) is 6.07. The average molecular weight is 265 g/mol. The molecule has 1 N–H and O–H groups in total. The molecule has 0 spiro atoms. The van der Waals surface area contributed by atoms with E-state index in [4.69, 9.17) is 11.6 Å². The fourth-order valence-corrected chi connectivity index (χ4v) is 1.93. The lowest BCUT2D eigenvalue weighted by atomic mass is 10.3. The maximum absolute atomic E-state index is 5.93. The highest BCUT2D eigenvalue weighted by atomic mass is 35.5. The molecule has 2 aromatic rings. The molecule has 0 bridgehead atoms. The predicted octanol–water partition coefficient (Wildman–Crippen LogP) is 3.03. The minimum Gasteiger partial charge on any atom is -0.378 e. The fraction of sp³-hybridized carbons (Fsp3) is 0.385. The molecular weight excluding hydrogens is 248 g/mol. The van der Waals surface area contributed by atoms with Crippen molar-refractivity contribution in [2.75, 3.05) is 5.32 Å². The van der Waals surface area contributed by atoms with Crippen LogP contribution in [0.2, 0.25) is 5.02 Å². The number of nitrogens with zero attached hydrogens (tertiary/aromatic N) is 3. The molecule has 0 aliphatic rings. The molecule has 0 fully saturated rings. The van der Waals surface area contributed by atoms with Crippen molar-refractivity contribution in [1.82, 2.24) is 14.8 Å². The van der Waals surface area contributed by atoms with Crippen molar-refractivity contribution in [1.29, 1.82) is 0 Å². The average Bonchev–Trinajstić information content (AvgIpc) is 2.68. The molecule has 5 heteroatoms. The van der Waals surface area contributed by atoms with E-state index in [1.807, 2.05) is 36.0 Å². The van der Waals surface area contributed by atoms with E-state index in [2.05, 4.69) is 22.3 Å². The molecule has 1 aromatic heterocycles. The number of halogens is 1. The van der Waals surface area contributed by atoms with Crippen LogP contribution < -0.4 is 5.32 Å². The Kier molecular flexibility index (Phi) is 4.20. The summed E-state index contributed by atoms with van der Waals surface area (Å²) in [4.78, 5) is 4.49. The van der Waals surface area contributed by atoms with Gasteiger partial charge in [-0.3, -0.25) is 4.68 Å². The van der Waals surface area contributed by atoms with Gasteiger partial charge in [0.05, 0.1) is 6.54 Å². The molecule has 0 unspecified atom stereocenters. The van der Waals surface area contributed by atoms with E-state index in [0.717, 1.165) is 35.2 Å². The molecule has 4 nitrogen and oxygen atoms in total. The maximum atomic E-state index is 5.93. The molecular formula is C13H17ClN4. The van der Waals surface area contributed by atoms with Gasteiger partial charge in [-0.05, 0) is 24.6 Å². The summed E-state index contributed by atoms with van der Waals surface area (Å²) in [5.74, 6) is 1.83. The van der Waals surface area contributed by atoms with Crippen molar-refractivity contribution < 1.29 is 0 Å². The van der Waals surface area contributed by atoms with Crippen LogP contribution in [0.4, 0.5) is 5.69 Å². The van der Waals surface area contributed by atoms with Crippen LogP contribution in [-0.4, -0.2) is 14.8 Å². The Morgan fingerprint density at radius 1 is 1.39 bits per heavy atom. The Morgan fingerprint density at radius 3 is 2.94 bits per heavy atom. The van der Waals surface area contributed by atoms with Crippen LogP contribution in [0.3, 0.4) is 0 Å². The Balaban J connectivity index is 2.01. The lowest BCUT2D eigenvalue weighted by molar-refractivity contribution is 0.698. The van der Waals surface area contributed by atoms with Crippen LogP contribution >= 0.6 is 11.6 Å². The molecule has 2 rings (SSSR count). The first-order chi connectivity index (χ1) is 8.69. The second-order valence-electron chi connectivity index (χ2n) is 4.18. The minimum atomic E-state index is 0.646. The SMILES string of the molecule is CCCc1nc(CNc2cccc(Cl)c2)n(C)n1. The predicted molar refractivity (Wildman–Crippen MR) is 73.8 cm³/mol. The summed E-state index contributed by atoms with van der Waals surface area (Å²) in [5, 5.41) is 8.39. The normalized spacial score (nSPS) is 10.6. The first kappa shape index (κ1) is 12.9. The highest BCUT2D eigenvalue weighted by molar-refractivity contribution is 6.30. The molecule has 0 aliphatic heterocycles. The van der Waals surface area contributed by atoms with Gasteiger partial charge in [0.1, 0.15) is 5.82 Å². The number of aryl methyl sites for hydroxylation is 2. The van der Waals surface area contributed by atoms with Crippen molar-refractivity contribution in [2.24, 2.45) is 7.05 Å². The Bertz CT molecular complexity index is 521. The number of benzene rings is 1. The lowest BCUT2D eigenvalue weighted by Gasteiger charge is -2.05. The topological polar surface area (TPSA) is 42.7 Å². The van der Waals surface area contributed by atoms with E-state index in [1.54, 1.807) is 0 Å². The van der Waals surface area contributed by atoms with E-state index < -0.39 is 0 Å². The van der Waals surface area contributed by atoms with Crippen molar-refractivity contribution in [3.63, 3.8) is 0 Å². The number of aromatic nitrogens is 3. The fourth-order valence-electron chi connectivity index (χ4n) is 1.74. The van der Waals surface area contributed by atoms with Crippen LogP contribution in [0.1, 0.15) is 25.0 Å². The van der Waals surface area contributed by atoms with Gasteiger partial charge in [0.15, 0.2) is 5.82 Å². The highest BCUT2D eigenvalue weighted by Gasteiger charge is 2.06. The van der Waals surface area contributed by atoms with Gasteiger partial charge in [0, 0.05) is 24.2 Å². The maximum Gasteiger partial charge on any atom is 0.151 e. The monoisotopic (exact) mass is 264 g/mol. The standard InChI is InChI=1S/C13H17ClN4/c1-3-5-12-16-13(18(2)17-12)9-15-11-7-4-6-10(14)8-11/h4,6-8,15H,3,5,9H2,1-2H3. The van der Waals surface area contributed by atoms with Crippen molar-refractivity contribution >= 4 is 17.3 Å². The Labute approximate surface area is 112 Å². The quantitative estimate of drug-likeness (QED) is 0.903. The zero-order valence-electron chi connectivity index (χ0n) is 10.7. The summed E-state index contributed by atoms with van der Waals surface area (Å²) in [6.07, 6.45) is 1.98. The second kappa shape index (κ2) is 5.87. The van der Waals surface area contributed by atoms with Gasteiger partial charge in [-0.15, -0.1) is 0 Å². The number of hydrogen-bond acceptors (Lipinski definition) is 3. The molecule has 0 aliphatic carbocycles. The van der Waals surface area contributed by atoms with Crippen LogP contribution in [0.5, 0.6) is 0 Å². The first-order valence-corrected chi connectivity index (χ1v) is 6.45. The Hall–Kier alpha value is -1.55. The van der Waals surface area contributed by atoms with Gasteiger partial charge in [-0.25, -0.2) is 4.98 Å². The van der Waals surface area contributed by atoms with Gasteiger partial charge in [0.25, 0.3) is 0 Å². The summed E-state index contributed by atoms with van der Waals surface area (Å²) in [7, 11) is 1.92. The lowest BCUT2D eigenvalue weighted by Crippen LogP contribution is -2.06. The summed E-state index contributed by atoms with van der Waals surface area (Å²) in [6, 6.07) is 7.65. The summed E-state index contributed by atoms with van der Waals surface area (Å²) >= 11 is 5.93. The van der Waals surface area contributed by atoms with Gasteiger partial charge >= 0.3 is 0 Å². The minimum absolute atomic E-state index is 0.646. The van der Waals surface area contributed by atoms with Crippen molar-refractivity contribution in [3.05, 3.63) is 40.9 Å². The number of anilines is 1. The second-order valence-corrected chi connectivity index (χ2v) is 4.62. The van der Waals surface area contributed by atoms with Gasteiger partial charge in [-0.2, -0.15) is 5.10 Å². The third-order valence-corrected chi connectivity index (χ3v) is 2.88. The van der Waals surface area contributed by atoms with Gasteiger partial charge in [0.2, 0.25) is 0 Å². The van der Waals surface area contributed by atoms with E-state index in [-0.39, 0.29) is 0 Å². The number of hydrogen-bond donors (Lipinski definition) is 1. The molecule has 1 heterocycles. The van der Waals surface area contributed by atoms with Crippen LogP contribution in [0.15, 0.2) is 24.3 Å². The highest BCUT2D eigenvalue weighted by Crippen LogP contribution is 2.15. The van der Waals surface area contributed by atoms with Crippen LogP contribution in [0.25, 0.3) is 0 Å². The van der Waals surface area contributed by atoms with Crippen LogP contribution in [0, 0.1) is 0 Å². The summed E-state index contributed by atoms with van der Waals surface area (Å²) in [5.41, 5.74) is 0.988. The molecule has 1 aromatic carbocycles. The molecule has 18 heavy (non-hydrogen) atoms. The molecule has 96 valence electrons. The smallest absolute Gasteiger partial charge is 0.151 e. The summed E-state index contributed by atoms with van der Waals surface area (Å²) in [6.45, 7) is 2.77. The van der Waals surface area contributed by atoms with Crippen molar-refractivity contribution in [3.8, 4) is 0 Å². The van der Waals surface area contributed by atoms with E-state index in [1.165, 1.54) is 0 Å². The summed E-state index contributed by atoms with van der Waals surface area (Å²) < 4.78 is 1.82. The molecule has 0 atom stereocenters. The zero-order chi connectivity index (χ0) is 13.0. The zero-order valence-corrected chi connectivity index (χ0v) is 11.4. The molecule has 0 saturated carbocycles. The Morgan fingerprint density at radius 2 is 2.22 bits per heavy atom. The van der Waals surface area contributed by atoms with E-state index in [0.29, 0.717) is 6.54 Å². The number of nitrogens with one attached hydrogen (secondary N) is 1.